The second-order valence-corrected chi connectivity index (χ2v) is 5.57. The summed E-state index contributed by atoms with van der Waals surface area (Å²) in [5, 5.41) is 2.56. The van der Waals surface area contributed by atoms with Gasteiger partial charge in [-0.15, -0.1) is 0 Å². The van der Waals surface area contributed by atoms with Gasteiger partial charge in [-0.1, -0.05) is 39.0 Å². The summed E-state index contributed by atoms with van der Waals surface area (Å²) >= 11 is 0. The summed E-state index contributed by atoms with van der Waals surface area (Å²) in [4.78, 5) is 22.4. The molecule has 0 aliphatic heterocycles. The molecule has 104 valence electrons. The van der Waals surface area contributed by atoms with Gasteiger partial charge in [0.2, 0.25) is 0 Å². The molecule has 4 heteroatoms. The molecule has 0 radical (unpaired) electrons. The zero-order chi connectivity index (χ0) is 14.6. The van der Waals surface area contributed by atoms with Crippen molar-refractivity contribution in [1.29, 1.82) is 0 Å². The lowest BCUT2D eigenvalue weighted by Crippen LogP contribution is -2.31. The number of amides is 1. The molecule has 0 unspecified atom stereocenters. The Kier molecular flexibility index (Phi) is 4.70. The maximum Gasteiger partial charge on any atom is 0.396 e. The van der Waals surface area contributed by atoms with Crippen molar-refractivity contribution in [2.45, 2.75) is 39.7 Å². The Morgan fingerprint density at radius 2 is 1.89 bits per heavy atom. The molecule has 0 heterocycles. The van der Waals surface area contributed by atoms with Crippen LogP contribution >= 0.6 is 0 Å². The molecule has 1 amide bonds. The predicted molar refractivity (Wildman–Crippen MR) is 73.7 cm³/mol. The molecule has 19 heavy (non-hydrogen) atoms. The lowest BCUT2D eigenvalue weighted by Gasteiger charge is -2.21. The molecule has 0 saturated heterocycles. The number of hydrogen-bond acceptors (Lipinski definition) is 3. The number of rotatable bonds is 2. The quantitative estimate of drug-likeness (QED) is 0.656. The zero-order valence-corrected chi connectivity index (χ0v) is 12.2. The molecule has 1 rings (SSSR count). The van der Waals surface area contributed by atoms with E-state index in [1.807, 2.05) is 13.0 Å². The first-order valence-electron chi connectivity index (χ1n) is 6.22. The van der Waals surface area contributed by atoms with Gasteiger partial charge in [0.05, 0.1) is 7.11 Å². The number of carbonyl (C=O) groups excluding carboxylic acids is 2. The lowest BCUT2D eigenvalue weighted by atomic mass is 9.85. The molecular weight excluding hydrogens is 242 g/mol. The summed E-state index contributed by atoms with van der Waals surface area (Å²) in [5.41, 5.74) is 3.33. The van der Waals surface area contributed by atoms with Crippen LogP contribution in [0.1, 0.15) is 37.5 Å². The summed E-state index contributed by atoms with van der Waals surface area (Å²) in [6.07, 6.45) is 0. The maximum absolute atomic E-state index is 11.4. The molecule has 0 aliphatic rings. The van der Waals surface area contributed by atoms with E-state index in [0.717, 1.165) is 11.1 Å². The molecule has 4 nitrogen and oxygen atoms in total. The number of methoxy groups -OCH3 is 1. The highest BCUT2D eigenvalue weighted by molar-refractivity contribution is 6.32. The average molecular weight is 263 g/mol. The van der Waals surface area contributed by atoms with Crippen molar-refractivity contribution >= 4 is 11.9 Å². The van der Waals surface area contributed by atoms with Crippen LogP contribution in [-0.4, -0.2) is 19.0 Å². The first-order chi connectivity index (χ1) is 8.75. The molecule has 0 aliphatic carbocycles. The van der Waals surface area contributed by atoms with Crippen LogP contribution in [-0.2, 0) is 26.3 Å². The highest BCUT2D eigenvalue weighted by atomic mass is 16.5. The summed E-state index contributed by atoms with van der Waals surface area (Å²) < 4.78 is 4.36. The molecule has 0 spiro atoms. The van der Waals surface area contributed by atoms with Gasteiger partial charge in [-0.25, -0.2) is 4.79 Å². The van der Waals surface area contributed by atoms with Gasteiger partial charge < -0.3 is 10.1 Å². The standard InChI is InChI=1S/C15H21NO3/c1-10-6-7-12(15(2,3)4)8-11(10)9-16-13(17)14(18)19-5/h6-8H,9H2,1-5H3,(H,16,17). The van der Waals surface area contributed by atoms with Crippen LogP contribution in [0.3, 0.4) is 0 Å². The number of ether oxygens (including phenoxy) is 1. The van der Waals surface area contributed by atoms with Crippen LogP contribution < -0.4 is 5.32 Å². The smallest absolute Gasteiger partial charge is 0.396 e. The SMILES string of the molecule is COC(=O)C(=O)NCc1cc(C(C)(C)C)ccc1C. The summed E-state index contributed by atoms with van der Waals surface area (Å²) in [6, 6.07) is 6.17. The fraction of sp³-hybridized carbons (Fsp3) is 0.467. The van der Waals surface area contributed by atoms with E-state index in [4.69, 9.17) is 0 Å². The lowest BCUT2D eigenvalue weighted by molar-refractivity contribution is -0.152. The molecule has 0 aromatic heterocycles. The van der Waals surface area contributed by atoms with E-state index in [1.165, 1.54) is 12.7 Å². The Bertz CT molecular complexity index is 487. The van der Waals surface area contributed by atoms with E-state index in [9.17, 15) is 9.59 Å². The van der Waals surface area contributed by atoms with Gasteiger partial charge in [-0.3, -0.25) is 4.79 Å². The molecular formula is C15H21NO3. The van der Waals surface area contributed by atoms with Gasteiger partial charge in [-0.2, -0.15) is 0 Å². The predicted octanol–water partition coefficient (Wildman–Crippen LogP) is 2.08. The van der Waals surface area contributed by atoms with Crippen molar-refractivity contribution in [3.05, 3.63) is 34.9 Å². The molecule has 0 fully saturated rings. The van der Waals surface area contributed by atoms with Gasteiger partial charge >= 0.3 is 11.9 Å². The third-order valence-corrected chi connectivity index (χ3v) is 3.03. The van der Waals surface area contributed by atoms with E-state index >= 15 is 0 Å². The summed E-state index contributed by atoms with van der Waals surface area (Å²) in [6.45, 7) is 8.70. The number of carbonyl (C=O) groups is 2. The molecule has 1 aromatic carbocycles. The zero-order valence-electron chi connectivity index (χ0n) is 12.2. The van der Waals surface area contributed by atoms with Crippen molar-refractivity contribution in [3.63, 3.8) is 0 Å². The van der Waals surface area contributed by atoms with Crippen LogP contribution in [0.15, 0.2) is 18.2 Å². The van der Waals surface area contributed by atoms with Crippen molar-refractivity contribution in [1.82, 2.24) is 5.32 Å². The van der Waals surface area contributed by atoms with Crippen LogP contribution in [0.5, 0.6) is 0 Å². The van der Waals surface area contributed by atoms with Crippen LogP contribution in [0.25, 0.3) is 0 Å². The number of nitrogens with one attached hydrogen (secondary N) is 1. The second kappa shape index (κ2) is 5.87. The fourth-order valence-corrected chi connectivity index (χ4v) is 1.67. The van der Waals surface area contributed by atoms with E-state index in [2.05, 4.69) is 43.0 Å². The van der Waals surface area contributed by atoms with Crippen LogP contribution in [0, 0.1) is 6.92 Å². The number of aryl methyl sites for hydroxylation is 1. The van der Waals surface area contributed by atoms with Crippen LogP contribution in [0.2, 0.25) is 0 Å². The van der Waals surface area contributed by atoms with E-state index in [1.54, 1.807) is 0 Å². The Hall–Kier alpha value is -1.84. The monoisotopic (exact) mass is 263 g/mol. The highest BCUT2D eigenvalue weighted by Gasteiger charge is 2.16. The van der Waals surface area contributed by atoms with Gasteiger partial charge in [-0.05, 0) is 29.0 Å². The van der Waals surface area contributed by atoms with Crippen molar-refractivity contribution in [2.24, 2.45) is 0 Å². The molecule has 1 N–H and O–H groups in total. The third-order valence-electron chi connectivity index (χ3n) is 3.03. The van der Waals surface area contributed by atoms with Gasteiger partial charge in [0.25, 0.3) is 0 Å². The molecule has 0 bridgehead atoms. The second-order valence-electron chi connectivity index (χ2n) is 5.57. The maximum atomic E-state index is 11.4. The normalized spacial score (nSPS) is 11.0. The number of esters is 1. The molecule has 0 saturated carbocycles. The largest absolute Gasteiger partial charge is 0.462 e. The minimum absolute atomic E-state index is 0.0504. The molecule has 0 atom stereocenters. The summed E-state index contributed by atoms with van der Waals surface area (Å²) in [5.74, 6) is -1.59. The number of benzene rings is 1. The number of hydrogen-bond donors (Lipinski definition) is 1. The first kappa shape index (κ1) is 15.2. The highest BCUT2D eigenvalue weighted by Crippen LogP contribution is 2.24. The third kappa shape index (κ3) is 4.09. The molecule has 1 aromatic rings. The Balaban J connectivity index is 2.84. The van der Waals surface area contributed by atoms with E-state index in [-0.39, 0.29) is 5.41 Å². The van der Waals surface area contributed by atoms with Gasteiger partial charge in [0, 0.05) is 6.54 Å². The van der Waals surface area contributed by atoms with Gasteiger partial charge in [0.15, 0.2) is 0 Å². The van der Waals surface area contributed by atoms with Crippen molar-refractivity contribution in [3.8, 4) is 0 Å². The minimum atomic E-state index is -0.871. The Labute approximate surface area is 114 Å². The topological polar surface area (TPSA) is 55.4 Å². The minimum Gasteiger partial charge on any atom is -0.462 e. The summed E-state index contributed by atoms with van der Waals surface area (Å²) in [7, 11) is 1.19. The van der Waals surface area contributed by atoms with Crippen molar-refractivity contribution in [2.75, 3.05) is 7.11 Å². The first-order valence-corrected chi connectivity index (χ1v) is 6.22. The fourth-order valence-electron chi connectivity index (χ4n) is 1.67. The van der Waals surface area contributed by atoms with E-state index < -0.39 is 11.9 Å². The Morgan fingerprint density at radius 1 is 1.26 bits per heavy atom. The van der Waals surface area contributed by atoms with Crippen molar-refractivity contribution < 1.29 is 14.3 Å². The van der Waals surface area contributed by atoms with E-state index in [0.29, 0.717) is 6.54 Å². The Morgan fingerprint density at radius 3 is 2.42 bits per heavy atom. The van der Waals surface area contributed by atoms with Crippen LogP contribution in [0.4, 0.5) is 0 Å². The van der Waals surface area contributed by atoms with Gasteiger partial charge in [0.1, 0.15) is 0 Å². The average Bonchev–Trinajstić information content (AvgIpc) is 2.35.